The van der Waals surface area contributed by atoms with Gasteiger partial charge in [-0.15, -0.1) is 0 Å². The maximum atomic E-state index is 11.9. The van der Waals surface area contributed by atoms with E-state index in [1.54, 1.807) is 10.6 Å². The summed E-state index contributed by atoms with van der Waals surface area (Å²) >= 11 is 0. The minimum Gasteiger partial charge on any atom is -0.325 e. The second kappa shape index (κ2) is 2.65. The Morgan fingerprint density at radius 2 is 1.92 bits per heavy atom. The van der Waals surface area contributed by atoms with Crippen LogP contribution < -0.4 is 10.6 Å². The van der Waals surface area contributed by atoms with Gasteiger partial charge in [-0.05, 0) is 0 Å². The first kappa shape index (κ1) is 8.82. The molecule has 0 aliphatic carbocycles. The number of rotatable bonds is 0. The summed E-state index contributed by atoms with van der Waals surface area (Å²) in [7, 11) is 0. The Morgan fingerprint density at radius 3 is 2.33 bits per heavy atom. The van der Waals surface area contributed by atoms with Crippen LogP contribution in [-0.4, -0.2) is 24.2 Å². The number of halogens is 3. The van der Waals surface area contributed by atoms with Crippen LogP contribution in [0.1, 0.15) is 6.42 Å². The predicted molar refractivity (Wildman–Crippen MR) is 31.1 cm³/mol. The quantitative estimate of drug-likeness (QED) is 0.560. The van der Waals surface area contributed by atoms with E-state index in [1.807, 2.05) is 0 Å². The third kappa shape index (κ3) is 1.86. The van der Waals surface area contributed by atoms with Crippen molar-refractivity contribution < 1.29 is 22.8 Å². The van der Waals surface area contributed by atoms with Gasteiger partial charge in [-0.3, -0.25) is 10.1 Å². The highest BCUT2D eigenvalue weighted by Gasteiger charge is 2.44. The molecule has 1 unspecified atom stereocenters. The molecule has 1 aliphatic heterocycles. The summed E-state index contributed by atoms with van der Waals surface area (Å²) in [6, 6.07) is -3.16. The SMILES string of the molecule is O=C1CC(C(F)(F)F)NC(=O)N1. The summed E-state index contributed by atoms with van der Waals surface area (Å²) in [5.74, 6) is -0.916. The molecule has 68 valence electrons. The summed E-state index contributed by atoms with van der Waals surface area (Å²) in [4.78, 5) is 20.8. The van der Waals surface area contributed by atoms with Crippen molar-refractivity contribution in [3.05, 3.63) is 0 Å². The Bertz CT molecular complexity index is 209. The van der Waals surface area contributed by atoms with Crippen LogP contribution in [0.25, 0.3) is 0 Å². The number of hydrogen-bond donors (Lipinski definition) is 2. The van der Waals surface area contributed by atoms with E-state index in [0.717, 1.165) is 0 Å². The Balaban J connectivity index is 2.68. The Hall–Kier alpha value is -1.27. The van der Waals surface area contributed by atoms with Crippen molar-refractivity contribution >= 4 is 11.9 Å². The molecule has 1 atom stereocenters. The molecule has 0 aromatic rings. The first-order valence-electron chi connectivity index (χ1n) is 3.06. The lowest BCUT2D eigenvalue weighted by Crippen LogP contribution is -2.57. The van der Waals surface area contributed by atoms with Gasteiger partial charge in [0.25, 0.3) is 0 Å². The van der Waals surface area contributed by atoms with E-state index < -0.39 is 30.6 Å². The van der Waals surface area contributed by atoms with Gasteiger partial charge in [-0.1, -0.05) is 0 Å². The van der Waals surface area contributed by atoms with Gasteiger partial charge in [0.1, 0.15) is 6.04 Å². The Morgan fingerprint density at radius 1 is 1.33 bits per heavy atom. The highest BCUT2D eigenvalue weighted by molar-refractivity contribution is 5.97. The van der Waals surface area contributed by atoms with Crippen molar-refractivity contribution in [3.63, 3.8) is 0 Å². The molecule has 7 heteroatoms. The second-order valence-corrected chi connectivity index (χ2v) is 2.32. The number of carbonyl (C=O) groups excluding carboxylic acids is 2. The molecule has 1 heterocycles. The predicted octanol–water partition coefficient (Wildman–Crippen LogP) is 0.147. The average molecular weight is 182 g/mol. The van der Waals surface area contributed by atoms with Crippen LogP contribution in [-0.2, 0) is 4.79 Å². The minimum absolute atomic E-state index is 0.755. The minimum atomic E-state index is -4.56. The van der Waals surface area contributed by atoms with Gasteiger partial charge in [0.05, 0.1) is 6.42 Å². The molecule has 0 aromatic carbocycles. The Labute approximate surface area is 65.1 Å². The topological polar surface area (TPSA) is 58.2 Å². The summed E-state index contributed by atoms with van der Waals surface area (Å²) in [5.41, 5.74) is 0. The summed E-state index contributed by atoms with van der Waals surface area (Å²) in [6.45, 7) is 0. The molecule has 1 aliphatic rings. The zero-order chi connectivity index (χ0) is 9.35. The zero-order valence-electron chi connectivity index (χ0n) is 5.73. The first-order valence-corrected chi connectivity index (χ1v) is 3.06. The second-order valence-electron chi connectivity index (χ2n) is 2.32. The van der Waals surface area contributed by atoms with Crippen molar-refractivity contribution in [1.82, 2.24) is 10.6 Å². The number of hydrogen-bond acceptors (Lipinski definition) is 2. The van der Waals surface area contributed by atoms with Crippen molar-refractivity contribution in [2.24, 2.45) is 0 Å². The van der Waals surface area contributed by atoms with Gasteiger partial charge in [0, 0.05) is 0 Å². The van der Waals surface area contributed by atoms with E-state index in [0.29, 0.717) is 0 Å². The zero-order valence-corrected chi connectivity index (χ0v) is 5.73. The number of urea groups is 1. The fraction of sp³-hybridized carbons (Fsp3) is 0.600. The smallest absolute Gasteiger partial charge is 0.325 e. The van der Waals surface area contributed by atoms with Crippen molar-refractivity contribution in [2.45, 2.75) is 18.6 Å². The number of alkyl halides is 3. The molecule has 4 nitrogen and oxygen atoms in total. The van der Waals surface area contributed by atoms with Crippen LogP contribution >= 0.6 is 0 Å². The van der Waals surface area contributed by atoms with Crippen LogP contribution in [0.2, 0.25) is 0 Å². The van der Waals surface area contributed by atoms with Gasteiger partial charge in [-0.2, -0.15) is 13.2 Å². The fourth-order valence-electron chi connectivity index (χ4n) is 0.806. The van der Waals surface area contributed by atoms with Gasteiger partial charge < -0.3 is 5.32 Å². The molecule has 3 amide bonds. The number of nitrogens with one attached hydrogen (secondary N) is 2. The molecule has 0 aromatic heterocycles. The molecule has 0 saturated carbocycles. The molecule has 1 saturated heterocycles. The molecule has 12 heavy (non-hydrogen) atoms. The molecule has 0 bridgehead atoms. The maximum absolute atomic E-state index is 11.9. The van der Waals surface area contributed by atoms with E-state index >= 15 is 0 Å². The fourth-order valence-corrected chi connectivity index (χ4v) is 0.806. The van der Waals surface area contributed by atoms with E-state index in [9.17, 15) is 22.8 Å². The van der Waals surface area contributed by atoms with Gasteiger partial charge in [0.2, 0.25) is 5.91 Å². The summed E-state index contributed by atoms with van der Waals surface area (Å²) in [6.07, 6.45) is -5.32. The van der Waals surface area contributed by atoms with Gasteiger partial charge in [-0.25, -0.2) is 4.79 Å². The lowest BCUT2D eigenvalue weighted by Gasteiger charge is -2.24. The standard InChI is InChI=1S/C5H5F3N2O2/c6-5(7,8)2-1-3(11)10-4(12)9-2/h2H,1H2,(H2,9,10,11,12). The van der Waals surface area contributed by atoms with Crippen LogP contribution in [0, 0.1) is 0 Å². The highest BCUT2D eigenvalue weighted by atomic mass is 19.4. The number of imide groups is 1. The lowest BCUT2D eigenvalue weighted by atomic mass is 10.1. The highest BCUT2D eigenvalue weighted by Crippen LogP contribution is 2.23. The molecule has 0 spiro atoms. The molecule has 0 radical (unpaired) electrons. The normalized spacial score (nSPS) is 24.8. The van der Waals surface area contributed by atoms with Crippen LogP contribution in [0.15, 0.2) is 0 Å². The Kier molecular flexibility index (Phi) is 1.95. The average Bonchev–Trinajstić information content (AvgIpc) is 1.82. The van der Waals surface area contributed by atoms with Gasteiger partial charge in [0.15, 0.2) is 0 Å². The number of carbonyl (C=O) groups is 2. The van der Waals surface area contributed by atoms with E-state index in [2.05, 4.69) is 0 Å². The number of amides is 3. The van der Waals surface area contributed by atoms with Gasteiger partial charge >= 0.3 is 12.2 Å². The van der Waals surface area contributed by atoms with E-state index in [-0.39, 0.29) is 0 Å². The third-order valence-electron chi connectivity index (χ3n) is 1.34. The van der Waals surface area contributed by atoms with E-state index in [4.69, 9.17) is 0 Å². The molecular formula is C5H5F3N2O2. The maximum Gasteiger partial charge on any atom is 0.409 e. The first-order chi connectivity index (χ1) is 5.39. The largest absolute Gasteiger partial charge is 0.409 e. The monoisotopic (exact) mass is 182 g/mol. The summed E-state index contributed by atoms with van der Waals surface area (Å²) in [5, 5.41) is 3.28. The lowest BCUT2D eigenvalue weighted by molar-refractivity contribution is -0.161. The van der Waals surface area contributed by atoms with Crippen LogP contribution in [0.4, 0.5) is 18.0 Å². The molecule has 2 N–H and O–H groups in total. The third-order valence-corrected chi connectivity index (χ3v) is 1.34. The van der Waals surface area contributed by atoms with Crippen molar-refractivity contribution in [1.29, 1.82) is 0 Å². The summed E-state index contributed by atoms with van der Waals surface area (Å²) < 4.78 is 35.7. The van der Waals surface area contributed by atoms with Crippen molar-refractivity contribution in [3.8, 4) is 0 Å². The molecule has 1 rings (SSSR count). The molecule has 1 fully saturated rings. The molecular weight excluding hydrogens is 177 g/mol. The van der Waals surface area contributed by atoms with E-state index in [1.165, 1.54) is 0 Å². The van der Waals surface area contributed by atoms with Crippen molar-refractivity contribution in [2.75, 3.05) is 0 Å². The van der Waals surface area contributed by atoms with Crippen LogP contribution in [0.3, 0.4) is 0 Å². The van der Waals surface area contributed by atoms with Crippen LogP contribution in [0.5, 0.6) is 0 Å².